The largest absolute Gasteiger partial charge is 0.494 e. The first-order chi connectivity index (χ1) is 10.3. The van der Waals surface area contributed by atoms with Crippen molar-refractivity contribution in [3.63, 3.8) is 0 Å². The number of hydrogen-bond donors (Lipinski definition) is 1. The van der Waals surface area contributed by atoms with Gasteiger partial charge in [0.1, 0.15) is 5.75 Å². The van der Waals surface area contributed by atoms with Gasteiger partial charge in [-0.1, -0.05) is 26.0 Å². The molecular formula is C17H22BrNO2. The quantitative estimate of drug-likeness (QED) is 0.732. The Labute approximate surface area is 134 Å². The van der Waals surface area contributed by atoms with Crippen LogP contribution in [0.1, 0.15) is 43.9 Å². The molecule has 21 heavy (non-hydrogen) atoms. The molecular weight excluding hydrogens is 330 g/mol. The van der Waals surface area contributed by atoms with Crippen LogP contribution in [0, 0.1) is 0 Å². The van der Waals surface area contributed by atoms with Crippen molar-refractivity contribution in [2.45, 2.75) is 32.7 Å². The lowest BCUT2D eigenvalue weighted by Gasteiger charge is -2.18. The lowest BCUT2D eigenvalue weighted by molar-refractivity contribution is 0.317. The minimum absolute atomic E-state index is 0.123. The summed E-state index contributed by atoms with van der Waals surface area (Å²) in [6, 6.07) is 10.4. The summed E-state index contributed by atoms with van der Waals surface area (Å²) in [7, 11) is 0. The molecule has 2 aromatic rings. The fourth-order valence-corrected chi connectivity index (χ4v) is 2.65. The molecule has 2 rings (SSSR count). The highest BCUT2D eigenvalue weighted by molar-refractivity contribution is 9.10. The second kappa shape index (κ2) is 8.25. The van der Waals surface area contributed by atoms with E-state index in [4.69, 9.17) is 9.15 Å². The first-order valence-electron chi connectivity index (χ1n) is 7.45. The number of furan rings is 1. The Kier molecular flexibility index (Phi) is 6.33. The van der Waals surface area contributed by atoms with Crippen LogP contribution in [0.25, 0.3) is 0 Å². The number of nitrogens with one attached hydrogen (secondary N) is 1. The average Bonchev–Trinajstić information content (AvgIpc) is 2.93. The van der Waals surface area contributed by atoms with Gasteiger partial charge in [-0.2, -0.15) is 0 Å². The molecule has 0 bridgehead atoms. The van der Waals surface area contributed by atoms with E-state index in [-0.39, 0.29) is 6.04 Å². The van der Waals surface area contributed by atoms with Gasteiger partial charge in [0.15, 0.2) is 4.67 Å². The fraction of sp³-hybridized carbons (Fsp3) is 0.412. The molecule has 1 N–H and O–H groups in total. The van der Waals surface area contributed by atoms with Gasteiger partial charge in [-0.15, -0.1) is 0 Å². The molecule has 1 unspecified atom stereocenters. The van der Waals surface area contributed by atoms with Crippen LogP contribution in [0.4, 0.5) is 0 Å². The molecule has 0 amide bonds. The van der Waals surface area contributed by atoms with Gasteiger partial charge < -0.3 is 14.5 Å². The summed E-state index contributed by atoms with van der Waals surface area (Å²) >= 11 is 3.47. The molecule has 0 aliphatic rings. The van der Waals surface area contributed by atoms with Crippen LogP contribution in [0.5, 0.6) is 5.75 Å². The van der Waals surface area contributed by atoms with Gasteiger partial charge >= 0.3 is 0 Å². The number of ether oxygens (including phenoxy) is 1. The van der Waals surface area contributed by atoms with Gasteiger partial charge in [0, 0.05) is 5.56 Å². The zero-order valence-electron chi connectivity index (χ0n) is 12.6. The summed E-state index contributed by atoms with van der Waals surface area (Å²) in [4.78, 5) is 0. The first-order valence-corrected chi connectivity index (χ1v) is 8.24. The van der Waals surface area contributed by atoms with E-state index in [1.54, 1.807) is 6.26 Å². The van der Waals surface area contributed by atoms with Crippen molar-refractivity contribution in [3.8, 4) is 5.75 Å². The molecule has 0 spiro atoms. The van der Waals surface area contributed by atoms with Crippen molar-refractivity contribution in [1.29, 1.82) is 0 Å². The highest BCUT2D eigenvalue weighted by Crippen LogP contribution is 2.30. The molecule has 1 heterocycles. The second-order valence-electron chi connectivity index (χ2n) is 4.95. The molecule has 1 aromatic carbocycles. The molecule has 0 aliphatic heterocycles. The van der Waals surface area contributed by atoms with Crippen LogP contribution >= 0.6 is 15.9 Å². The van der Waals surface area contributed by atoms with E-state index in [0.29, 0.717) is 0 Å². The lowest BCUT2D eigenvalue weighted by atomic mass is 10.0. The molecule has 0 saturated carbocycles. The zero-order valence-corrected chi connectivity index (χ0v) is 14.2. The summed E-state index contributed by atoms with van der Waals surface area (Å²) in [5.74, 6) is 0.918. The Morgan fingerprint density at radius 3 is 2.48 bits per heavy atom. The van der Waals surface area contributed by atoms with E-state index in [0.717, 1.165) is 42.0 Å². The van der Waals surface area contributed by atoms with Gasteiger partial charge in [0.05, 0.1) is 18.9 Å². The third-order valence-corrected chi connectivity index (χ3v) is 3.89. The third kappa shape index (κ3) is 4.35. The van der Waals surface area contributed by atoms with Crippen LogP contribution in [0.15, 0.2) is 45.7 Å². The van der Waals surface area contributed by atoms with E-state index in [9.17, 15) is 0 Å². The molecule has 0 aliphatic carbocycles. The Morgan fingerprint density at radius 1 is 1.14 bits per heavy atom. The van der Waals surface area contributed by atoms with Crippen LogP contribution < -0.4 is 10.1 Å². The Bertz CT molecular complexity index is 536. The van der Waals surface area contributed by atoms with Crippen molar-refractivity contribution in [2.75, 3.05) is 13.2 Å². The maximum atomic E-state index is 5.64. The van der Waals surface area contributed by atoms with Gasteiger partial charge in [-0.05, 0) is 59.1 Å². The van der Waals surface area contributed by atoms with Crippen molar-refractivity contribution < 1.29 is 9.15 Å². The third-order valence-electron chi connectivity index (χ3n) is 3.24. The van der Waals surface area contributed by atoms with Gasteiger partial charge in [0.25, 0.3) is 0 Å². The molecule has 1 aromatic heterocycles. The van der Waals surface area contributed by atoms with E-state index in [1.165, 1.54) is 5.56 Å². The van der Waals surface area contributed by atoms with Gasteiger partial charge in [-0.25, -0.2) is 0 Å². The Morgan fingerprint density at radius 2 is 1.90 bits per heavy atom. The molecule has 4 heteroatoms. The summed E-state index contributed by atoms with van der Waals surface area (Å²) < 4.78 is 11.8. The first kappa shape index (κ1) is 16.1. The number of hydrogen-bond acceptors (Lipinski definition) is 3. The highest BCUT2D eigenvalue weighted by Gasteiger charge is 2.18. The van der Waals surface area contributed by atoms with Crippen molar-refractivity contribution in [1.82, 2.24) is 5.32 Å². The molecule has 0 fully saturated rings. The van der Waals surface area contributed by atoms with E-state index >= 15 is 0 Å². The molecule has 1 atom stereocenters. The highest BCUT2D eigenvalue weighted by atomic mass is 79.9. The second-order valence-corrected chi connectivity index (χ2v) is 5.67. The summed E-state index contributed by atoms with van der Waals surface area (Å²) in [6.07, 6.45) is 3.81. The molecule has 0 radical (unpaired) electrons. The SMILES string of the molecule is CCCNC(c1ccc(OCCC)cc1)c1ccoc1Br. The maximum Gasteiger partial charge on any atom is 0.174 e. The minimum Gasteiger partial charge on any atom is -0.494 e. The normalized spacial score (nSPS) is 12.3. The summed E-state index contributed by atoms with van der Waals surface area (Å²) in [5, 5.41) is 3.56. The summed E-state index contributed by atoms with van der Waals surface area (Å²) in [6.45, 7) is 5.98. The molecule has 0 saturated heterocycles. The Balaban J connectivity index is 2.18. The van der Waals surface area contributed by atoms with Gasteiger partial charge in [-0.3, -0.25) is 0 Å². The van der Waals surface area contributed by atoms with Crippen molar-refractivity contribution in [2.24, 2.45) is 0 Å². The predicted octanol–water partition coefficient (Wildman–Crippen LogP) is 4.92. The standard InChI is InChI=1S/C17H22BrNO2/c1-3-10-19-16(15-9-12-21-17(15)18)13-5-7-14(8-6-13)20-11-4-2/h5-9,12,16,19H,3-4,10-11H2,1-2H3. The van der Waals surface area contributed by atoms with Crippen LogP contribution in [0.2, 0.25) is 0 Å². The fourth-order valence-electron chi connectivity index (χ4n) is 2.18. The minimum atomic E-state index is 0.123. The Hall–Kier alpha value is -1.26. The summed E-state index contributed by atoms with van der Waals surface area (Å²) in [5.41, 5.74) is 2.32. The van der Waals surface area contributed by atoms with Crippen LogP contribution in [0.3, 0.4) is 0 Å². The number of halogens is 1. The maximum absolute atomic E-state index is 5.64. The number of rotatable bonds is 8. The molecule has 3 nitrogen and oxygen atoms in total. The molecule has 114 valence electrons. The van der Waals surface area contributed by atoms with Crippen molar-refractivity contribution in [3.05, 3.63) is 52.4 Å². The van der Waals surface area contributed by atoms with E-state index < -0.39 is 0 Å². The topological polar surface area (TPSA) is 34.4 Å². The van der Waals surface area contributed by atoms with E-state index in [1.807, 2.05) is 18.2 Å². The number of benzene rings is 1. The van der Waals surface area contributed by atoms with E-state index in [2.05, 4.69) is 47.2 Å². The van der Waals surface area contributed by atoms with Crippen LogP contribution in [-0.2, 0) is 0 Å². The van der Waals surface area contributed by atoms with Gasteiger partial charge in [0.2, 0.25) is 0 Å². The predicted molar refractivity (Wildman–Crippen MR) is 88.8 cm³/mol. The van der Waals surface area contributed by atoms with Crippen molar-refractivity contribution >= 4 is 15.9 Å². The monoisotopic (exact) mass is 351 g/mol. The van der Waals surface area contributed by atoms with Crippen LogP contribution in [-0.4, -0.2) is 13.2 Å². The average molecular weight is 352 g/mol. The smallest absolute Gasteiger partial charge is 0.174 e. The zero-order chi connectivity index (χ0) is 15.1. The lowest BCUT2D eigenvalue weighted by Crippen LogP contribution is -2.23.